The first-order valence-electron chi connectivity index (χ1n) is 11.9. The number of nitrogens with one attached hydrogen (secondary N) is 3. The number of guanidine groups is 1. The Kier molecular flexibility index (Phi) is 7.37. The summed E-state index contributed by atoms with van der Waals surface area (Å²) in [6, 6.07) is 6.07. The van der Waals surface area contributed by atoms with Gasteiger partial charge < -0.3 is 15.1 Å². The molecule has 0 spiro atoms. The predicted molar refractivity (Wildman–Crippen MR) is 128 cm³/mol. The van der Waals surface area contributed by atoms with Crippen molar-refractivity contribution in [2.24, 2.45) is 0 Å². The Hall–Kier alpha value is -2.81. The van der Waals surface area contributed by atoms with Crippen molar-refractivity contribution in [3.8, 4) is 0 Å². The van der Waals surface area contributed by atoms with Crippen molar-refractivity contribution < 1.29 is 8.78 Å². The molecule has 9 heteroatoms. The largest absolute Gasteiger partial charge is 0.367 e. The standard InChI is InChI=1S/C24H33F2N7/c1-3-32-12-10-17(11-13-32)29-22-14-16(2)28-24(30-22)31-23(27)33(18-6-4-5-7-18)19-8-9-20(25)21(26)15-19/h8-9,14-15,17-18H,3-7,10-13H2,1-2H3,(H3,27,28,29,30,31). The Morgan fingerprint density at radius 2 is 1.82 bits per heavy atom. The third-order valence-electron chi connectivity index (χ3n) is 6.58. The van der Waals surface area contributed by atoms with Crippen LogP contribution in [0.2, 0.25) is 0 Å². The van der Waals surface area contributed by atoms with Crippen molar-refractivity contribution in [2.45, 2.75) is 64.5 Å². The molecule has 1 saturated heterocycles. The van der Waals surface area contributed by atoms with Crippen LogP contribution in [0.3, 0.4) is 0 Å². The second-order valence-electron chi connectivity index (χ2n) is 8.95. The van der Waals surface area contributed by atoms with Crippen LogP contribution in [-0.4, -0.2) is 52.5 Å². The fourth-order valence-corrected chi connectivity index (χ4v) is 4.79. The highest BCUT2D eigenvalue weighted by Gasteiger charge is 2.27. The average Bonchev–Trinajstić information content (AvgIpc) is 3.31. The molecule has 1 aromatic carbocycles. The molecule has 1 saturated carbocycles. The van der Waals surface area contributed by atoms with Gasteiger partial charge >= 0.3 is 0 Å². The first-order chi connectivity index (χ1) is 15.9. The van der Waals surface area contributed by atoms with Gasteiger partial charge in [0.05, 0.1) is 0 Å². The molecule has 0 atom stereocenters. The summed E-state index contributed by atoms with van der Waals surface area (Å²) in [5.41, 5.74) is 1.24. The lowest BCUT2D eigenvalue weighted by molar-refractivity contribution is 0.229. The van der Waals surface area contributed by atoms with Crippen LogP contribution in [0.1, 0.15) is 51.1 Å². The normalized spacial score (nSPS) is 17.8. The number of nitrogens with zero attached hydrogens (tertiary/aromatic N) is 4. The lowest BCUT2D eigenvalue weighted by Crippen LogP contribution is -2.43. The number of halogens is 2. The Labute approximate surface area is 194 Å². The second kappa shape index (κ2) is 10.4. The van der Waals surface area contributed by atoms with Crippen molar-refractivity contribution in [1.29, 1.82) is 5.41 Å². The highest BCUT2D eigenvalue weighted by molar-refractivity contribution is 6.03. The van der Waals surface area contributed by atoms with E-state index in [2.05, 4.69) is 32.4 Å². The van der Waals surface area contributed by atoms with E-state index in [9.17, 15) is 8.78 Å². The molecule has 0 unspecified atom stereocenters. The molecule has 0 radical (unpaired) electrons. The maximum atomic E-state index is 14.0. The Balaban J connectivity index is 1.50. The number of aromatic nitrogens is 2. The smallest absolute Gasteiger partial charge is 0.231 e. The SMILES string of the molecule is CCN1CCC(Nc2cc(C)nc(NC(=N)N(c3ccc(F)c(F)c3)C3CCCC3)n2)CC1. The minimum atomic E-state index is -0.921. The third-order valence-corrected chi connectivity index (χ3v) is 6.58. The quantitative estimate of drug-likeness (QED) is 0.429. The molecule has 3 N–H and O–H groups in total. The maximum Gasteiger partial charge on any atom is 0.231 e. The van der Waals surface area contributed by atoms with Gasteiger partial charge in [-0.2, -0.15) is 4.98 Å². The van der Waals surface area contributed by atoms with Gasteiger partial charge in [-0.3, -0.25) is 10.7 Å². The Bertz CT molecular complexity index is 969. The number of aryl methyl sites for hydroxylation is 1. The Morgan fingerprint density at radius 1 is 1.09 bits per heavy atom. The summed E-state index contributed by atoms with van der Waals surface area (Å²) in [7, 11) is 0. The topological polar surface area (TPSA) is 80.2 Å². The minimum absolute atomic E-state index is 0.0426. The number of rotatable bonds is 6. The van der Waals surface area contributed by atoms with Crippen LogP contribution in [0.25, 0.3) is 0 Å². The van der Waals surface area contributed by atoms with Crippen molar-refractivity contribution in [1.82, 2.24) is 14.9 Å². The summed E-state index contributed by atoms with van der Waals surface area (Å²) in [5, 5.41) is 15.3. The van der Waals surface area contributed by atoms with E-state index < -0.39 is 11.6 Å². The van der Waals surface area contributed by atoms with Crippen LogP contribution >= 0.6 is 0 Å². The zero-order valence-electron chi connectivity index (χ0n) is 19.4. The van der Waals surface area contributed by atoms with Crippen molar-refractivity contribution >= 4 is 23.4 Å². The molecule has 0 amide bonds. The third kappa shape index (κ3) is 5.76. The molecule has 4 rings (SSSR count). The summed E-state index contributed by atoms with van der Waals surface area (Å²) >= 11 is 0. The monoisotopic (exact) mass is 457 g/mol. The number of likely N-dealkylation sites (tertiary alicyclic amines) is 1. The molecule has 7 nitrogen and oxygen atoms in total. The lowest BCUT2D eigenvalue weighted by atomic mass is 10.1. The first-order valence-corrected chi connectivity index (χ1v) is 11.9. The van der Waals surface area contributed by atoms with E-state index in [-0.39, 0.29) is 12.0 Å². The average molecular weight is 458 g/mol. The molecule has 1 aromatic heterocycles. The molecule has 1 aliphatic heterocycles. The molecule has 2 aromatic rings. The van der Waals surface area contributed by atoms with Gasteiger partial charge in [0.25, 0.3) is 0 Å². The van der Waals surface area contributed by atoms with Gasteiger partial charge in [0.2, 0.25) is 11.9 Å². The summed E-state index contributed by atoms with van der Waals surface area (Å²) in [4.78, 5) is 13.2. The van der Waals surface area contributed by atoms with Gasteiger partial charge in [-0.1, -0.05) is 19.8 Å². The van der Waals surface area contributed by atoms with E-state index >= 15 is 0 Å². The lowest BCUT2D eigenvalue weighted by Gasteiger charge is -2.32. The summed E-state index contributed by atoms with van der Waals surface area (Å²) in [6.45, 7) is 7.29. The van der Waals surface area contributed by atoms with Crippen LogP contribution < -0.4 is 15.5 Å². The van der Waals surface area contributed by atoms with E-state index in [1.54, 1.807) is 4.90 Å². The van der Waals surface area contributed by atoms with Crippen LogP contribution in [0.4, 0.5) is 26.2 Å². The maximum absolute atomic E-state index is 14.0. The van der Waals surface area contributed by atoms with E-state index in [0.29, 0.717) is 17.7 Å². The van der Waals surface area contributed by atoms with Crippen molar-refractivity contribution in [3.63, 3.8) is 0 Å². The fourth-order valence-electron chi connectivity index (χ4n) is 4.79. The summed E-state index contributed by atoms with van der Waals surface area (Å²) in [6.07, 6.45) is 5.98. The van der Waals surface area contributed by atoms with Crippen LogP contribution in [0.5, 0.6) is 0 Å². The highest BCUT2D eigenvalue weighted by Crippen LogP contribution is 2.30. The second-order valence-corrected chi connectivity index (χ2v) is 8.95. The Morgan fingerprint density at radius 3 is 2.48 bits per heavy atom. The van der Waals surface area contributed by atoms with E-state index in [4.69, 9.17) is 5.41 Å². The molecular formula is C24H33F2N7. The van der Waals surface area contributed by atoms with Gasteiger partial charge in [-0.25, -0.2) is 13.8 Å². The van der Waals surface area contributed by atoms with Gasteiger partial charge in [0.1, 0.15) is 5.82 Å². The zero-order valence-corrected chi connectivity index (χ0v) is 19.4. The molecule has 2 fully saturated rings. The number of hydrogen-bond acceptors (Lipinski definition) is 5. The minimum Gasteiger partial charge on any atom is -0.367 e. The number of benzene rings is 1. The number of hydrogen-bond donors (Lipinski definition) is 3. The molecule has 178 valence electrons. The number of anilines is 3. The van der Waals surface area contributed by atoms with Crippen LogP contribution in [0.15, 0.2) is 24.3 Å². The van der Waals surface area contributed by atoms with Gasteiger partial charge in [0, 0.05) is 48.7 Å². The molecule has 2 aliphatic rings. The van der Waals surface area contributed by atoms with E-state index in [0.717, 1.165) is 81.8 Å². The van der Waals surface area contributed by atoms with Crippen LogP contribution in [0, 0.1) is 24.0 Å². The van der Waals surface area contributed by atoms with Gasteiger partial charge in [0.15, 0.2) is 11.6 Å². The van der Waals surface area contributed by atoms with Crippen molar-refractivity contribution in [2.75, 3.05) is 35.2 Å². The van der Waals surface area contributed by atoms with E-state index in [1.165, 1.54) is 6.07 Å². The van der Waals surface area contributed by atoms with Crippen LogP contribution in [-0.2, 0) is 0 Å². The zero-order chi connectivity index (χ0) is 23.4. The van der Waals surface area contributed by atoms with Gasteiger partial charge in [-0.15, -0.1) is 0 Å². The summed E-state index contributed by atoms with van der Waals surface area (Å²) in [5.74, 6) is -0.712. The van der Waals surface area contributed by atoms with Gasteiger partial charge in [-0.05, 0) is 51.3 Å². The highest BCUT2D eigenvalue weighted by atomic mass is 19.2. The molecule has 0 bridgehead atoms. The summed E-state index contributed by atoms with van der Waals surface area (Å²) < 4.78 is 27.5. The fraction of sp³-hybridized carbons (Fsp3) is 0.542. The molecule has 33 heavy (non-hydrogen) atoms. The molecular weight excluding hydrogens is 424 g/mol. The molecule has 2 heterocycles. The predicted octanol–water partition coefficient (Wildman–Crippen LogP) is 4.76. The van der Waals surface area contributed by atoms with E-state index in [1.807, 2.05) is 13.0 Å². The first kappa shape index (κ1) is 23.4. The molecule has 1 aliphatic carbocycles. The number of piperidine rings is 1. The van der Waals surface area contributed by atoms with Crippen molar-refractivity contribution in [3.05, 3.63) is 41.6 Å².